The molecule has 2 aliphatic rings. The minimum absolute atomic E-state index is 0.0393. The second kappa shape index (κ2) is 7.86. The predicted molar refractivity (Wildman–Crippen MR) is 116 cm³/mol. The average Bonchev–Trinajstić information content (AvgIpc) is 2.68. The molecule has 1 N–H and O–H groups in total. The molecule has 0 bridgehead atoms. The summed E-state index contributed by atoms with van der Waals surface area (Å²) in [6, 6.07) is 18.9. The molecule has 1 saturated heterocycles. The molecule has 1 fully saturated rings. The van der Waals surface area contributed by atoms with Crippen LogP contribution in [-0.4, -0.2) is 24.8 Å². The maximum Gasteiger partial charge on any atom is 0.139 e. The van der Waals surface area contributed by atoms with Gasteiger partial charge >= 0.3 is 0 Å². The number of quaternary nitrogens is 1. The van der Waals surface area contributed by atoms with E-state index in [1.54, 1.807) is 0 Å². The highest BCUT2D eigenvalue weighted by Crippen LogP contribution is 2.52. The summed E-state index contributed by atoms with van der Waals surface area (Å²) in [7, 11) is 2.19. The Morgan fingerprint density at radius 2 is 1.76 bits per heavy atom. The molecule has 3 heteroatoms. The van der Waals surface area contributed by atoms with Crippen molar-refractivity contribution in [2.24, 2.45) is 5.92 Å². The molecule has 0 radical (unpaired) electrons. The summed E-state index contributed by atoms with van der Waals surface area (Å²) in [5, 5.41) is 0. The van der Waals surface area contributed by atoms with E-state index in [-0.39, 0.29) is 11.7 Å². The number of hydrogen-bond acceptors (Lipinski definition) is 2. The Hall–Kier alpha value is -2.28. The highest BCUT2D eigenvalue weighted by Gasteiger charge is 2.49. The lowest BCUT2D eigenvalue weighted by Gasteiger charge is -2.50. The summed E-state index contributed by atoms with van der Waals surface area (Å²) >= 11 is 0. The van der Waals surface area contributed by atoms with Gasteiger partial charge in [0.05, 0.1) is 13.2 Å². The highest BCUT2D eigenvalue weighted by molar-refractivity contribution is 5.39. The van der Waals surface area contributed by atoms with Crippen LogP contribution in [0.5, 0.6) is 5.75 Å². The third kappa shape index (κ3) is 4.34. The van der Waals surface area contributed by atoms with Crippen molar-refractivity contribution < 1.29 is 14.4 Å². The lowest BCUT2D eigenvalue weighted by Crippen LogP contribution is -3.07. The Kier molecular flexibility index (Phi) is 5.42. The molecule has 4 atom stereocenters. The molecule has 0 aliphatic carbocycles. The number of nitrogens with one attached hydrogen (secondary N) is 1. The molecular weight excluding hydrogens is 358 g/mol. The molecule has 0 saturated carbocycles. The molecule has 4 rings (SSSR count). The van der Waals surface area contributed by atoms with Gasteiger partial charge in [-0.1, -0.05) is 54.5 Å². The van der Waals surface area contributed by atoms with Gasteiger partial charge in [0.2, 0.25) is 0 Å². The molecule has 2 aromatic rings. The maximum atomic E-state index is 6.68. The summed E-state index contributed by atoms with van der Waals surface area (Å²) in [6.45, 7) is 8.30. The molecule has 0 spiro atoms. The van der Waals surface area contributed by atoms with Crippen LogP contribution in [-0.2, 0) is 11.3 Å². The number of para-hydroxylation sites is 1. The minimum atomic E-state index is -0.408. The normalized spacial score (nSPS) is 28.1. The van der Waals surface area contributed by atoms with Gasteiger partial charge in [-0.2, -0.15) is 0 Å². The zero-order valence-corrected chi connectivity index (χ0v) is 18.0. The third-order valence-corrected chi connectivity index (χ3v) is 6.27. The standard InChI is InChI=1S/C26H31NO2/c1-25(2)22-15-17-26(3,29-24(22)21-13-8-9-14-23(21)28-25)16-10-18-27(4)19-20-11-6-5-7-12-20/h5-9,11-14,22,24H,15,17-19H2,1-4H3/p+1/t22-,24+,26-/m0/s1. The zero-order chi connectivity index (χ0) is 20.5. The van der Waals surface area contributed by atoms with Crippen molar-refractivity contribution in [1.29, 1.82) is 0 Å². The van der Waals surface area contributed by atoms with Crippen molar-refractivity contribution in [2.45, 2.75) is 57.5 Å². The van der Waals surface area contributed by atoms with E-state index in [0.29, 0.717) is 5.92 Å². The highest BCUT2D eigenvalue weighted by atomic mass is 16.5. The summed E-state index contributed by atoms with van der Waals surface area (Å²) < 4.78 is 13.0. The fraction of sp³-hybridized carbons (Fsp3) is 0.462. The number of fused-ring (bicyclic) bond motifs is 3. The molecule has 2 aliphatic heterocycles. The van der Waals surface area contributed by atoms with E-state index in [0.717, 1.165) is 37.2 Å². The van der Waals surface area contributed by atoms with Gasteiger partial charge in [0.15, 0.2) is 0 Å². The molecule has 152 valence electrons. The van der Waals surface area contributed by atoms with Crippen LogP contribution in [0.3, 0.4) is 0 Å². The lowest BCUT2D eigenvalue weighted by molar-refractivity contribution is -0.886. The van der Waals surface area contributed by atoms with E-state index in [9.17, 15) is 0 Å². The summed E-state index contributed by atoms with van der Waals surface area (Å²) in [5.74, 6) is 8.18. The smallest absolute Gasteiger partial charge is 0.139 e. The first-order valence-corrected chi connectivity index (χ1v) is 10.7. The third-order valence-electron chi connectivity index (χ3n) is 6.27. The largest absolute Gasteiger partial charge is 0.487 e. The Bertz CT molecular complexity index is 911. The minimum Gasteiger partial charge on any atom is -0.487 e. The molecule has 0 amide bonds. The van der Waals surface area contributed by atoms with E-state index < -0.39 is 5.60 Å². The Morgan fingerprint density at radius 1 is 1.03 bits per heavy atom. The van der Waals surface area contributed by atoms with Gasteiger partial charge in [0.25, 0.3) is 0 Å². The molecule has 2 aromatic carbocycles. The van der Waals surface area contributed by atoms with E-state index >= 15 is 0 Å². The molecule has 29 heavy (non-hydrogen) atoms. The Labute approximate surface area is 175 Å². The van der Waals surface area contributed by atoms with Crippen molar-refractivity contribution in [2.75, 3.05) is 13.6 Å². The van der Waals surface area contributed by atoms with Crippen LogP contribution in [0.4, 0.5) is 0 Å². The monoisotopic (exact) mass is 390 g/mol. The quantitative estimate of drug-likeness (QED) is 0.806. The number of ether oxygens (including phenoxy) is 2. The summed E-state index contributed by atoms with van der Waals surface area (Å²) in [6.07, 6.45) is 2.04. The Balaban J connectivity index is 1.46. The summed E-state index contributed by atoms with van der Waals surface area (Å²) in [4.78, 5) is 1.39. The van der Waals surface area contributed by atoms with Gasteiger partial charge in [-0.05, 0) is 45.6 Å². The van der Waals surface area contributed by atoms with Crippen molar-refractivity contribution in [1.82, 2.24) is 0 Å². The van der Waals surface area contributed by atoms with Gasteiger partial charge in [0, 0.05) is 17.0 Å². The first kappa shape index (κ1) is 20.0. The van der Waals surface area contributed by atoms with Crippen LogP contribution >= 0.6 is 0 Å². The second-order valence-corrected chi connectivity index (χ2v) is 9.26. The average molecular weight is 391 g/mol. The second-order valence-electron chi connectivity index (χ2n) is 9.26. The zero-order valence-electron chi connectivity index (χ0n) is 18.0. The van der Waals surface area contributed by atoms with Gasteiger partial charge in [-0.25, -0.2) is 0 Å². The maximum absolute atomic E-state index is 6.68. The molecule has 1 unspecified atom stereocenters. The summed E-state index contributed by atoms with van der Waals surface area (Å²) in [5.41, 5.74) is 1.87. The molecule has 3 nitrogen and oxygen atoms in total. The van der Waals surface area contributed by atoms with Crippen molar-refractivity contribution >= 4 is 0 Å². The van der Waals surface area contributed by atoms with E-state index in [4.69, 9.17) is 9.47 Å². The van der Waals surface area contributed by atoms with E-state index in [1.807, 2.05) is 6.07 Å². The fourth-order valence-corrected chi connectivity index (χ4v) is 4.64. The molecule has 2 heterocycles. The fourth-order valence-electron chi connectivity index (χ4n) is 4.64. The number of hydrogen-bond donors (Lipinski definition) is 1. The van der Waals surface area contributed by atoms with Gasteiger partial charge in [-0.15, -0.1) is 0 Å². The van der Waals surface area contributed by atoms with Gasteiger partial charge in [0.1, 0.15) is 30.0 Å². The van der Waals surface area contributed by atoms with Crippen LogP contribution in [0.25, 0.3) is 0 Å². The van der Waals surface area contributed by atoms with Crippen LogP contribution in [0.2, 0.25) is 0 Å². The van der Waals surface area contributed by atoms with Crippen molar-refractivity contribution in [3.63, 3.8) is 0 Å². The first-order valence-electron chi connectivity index (χ1n) is 10.7. The predicted octanol–water partition coefficient (Wildman–Crippen LogP) is 3.80. The van der Waals surface area contributed by atoms with E-state index in [2.05, 4.69) is 88.2 Å². The SMILES string of the molecule is C[NH+](CC#C[C@@]1(C)CC[C@H]2[C@H](O1)c1ccccc1OC2(C)C)Cc1ccccc1. The topological polar surface area (TPSA) is 22.9 Å². The van der Waals surface area contributed by atoms with Gasteiger partial charge in [-0.3, -0.25) is 0 Å². The van der Waals surface area contributed by atoms with Crippen LogP contribution in [0.1, 0.15) is 50.8 Å². The van der Waals surface area contributed by atoms with Gasteiger partial charge < -0.3 is 14.4 Å². The van der Waals surface area contributed by atoms with Crippen molar-refractivity contribution in [3.8, 4) is 17.6 Å². The number of rotatable bonds is 3. The van der Waals surface area contributed by atoms with Crippen molar-refractivity contribution in [3.05, 3.63) is 65.7 Å². The lowest BCUT2D eigenvalue weighted by atomic mass is 9.73. The number of benzene rings is 2. The molecular formula is C26H32NO2+. The van der Waals surface area contributed by atoms with Crippen LogP contribution in [0, 0.1) is 17.8 Å². The molecule has 0 aromatic heterocycles. The first-order chi connectivity index (χ1) is 13.9. The van der Waals surface area contributed by atoms with Crippen LogP contribution < -0.4 is 9.64 Å². The van der Waals surface area contributed by atoms with Crippen LogP contribution in [0.15, 0.2) is 54.6 Å². The Morgan fingerprint density at radius 3 is 2.55 bits per heavy atom. The van der Waals surface area contributed by atoms with E-state index in [1.165, 1.54) is 10.5 Å².